The van der Waals surface area contributed by atoms with E-state index in [0.717, 1.165) is 19.6 Å². The van der Waals surface area contributed by atoms with Crippen LogP contribution in [0.3, 0.4) is 0 Å². The van der Waals surface area contributed by atoms with Gasteiger partial charge in [-0.05, 0) is 19.4 Å². The minimum atomic E-state index is -0.0800. The molecule has 0 aromatic carbocycles. The first-order chi connectivity index (χ1) is 8.08. The molecule has 1 fully saturated rings. The van der Waals surface area contributed by atoms with Crippen molar-refractivity contribution in [2.24, 2.45) is 13.0 Å². The normalized spacial score (nSPS) is 21.4. The van der Waals surface area contributed by atoms with Crippen LogP contribution in [0.1, 0.15) is 23.8 Å². The summed E-state index contributed by atoms with van der Waals surface area (Å²) < 4.78 is 7.06. The first kappa shape index (κ1) is 12.0. The Kier molecular flexibility index (Phi) is 3.38. The molecule has 5 heteroatoms. The van der Waals surface area contributed by atoms with Crippen molar-refractivity contribution in [3.63, 3.8) is 0 Å². The van der Waals surface area contributed by atoms with Crippen LogP contribution in [-0.2, 0) is 11.8 Å². The third kappa shape index (κ3) is 2.61. The number of anilines is 1. The Bertz CT molecular complexity index is 408. The number of nitrogen functional groups attached to an aromatic ring is 1. The lowest BCUT2D eigenvalue weighted by Gasteiger charge is -2.19. The van der Waals surface area contributed by atoms with E-state index in [1.165, 1.54) is 0 Å². The van der Waals surface area contributed by atoms with Gasteiger partial charge in [0, 0.05) is 31.8 Å². The van der Waals surface area contributed by atoms with E-state index in [0.29, 0.717) is 17.3 Å². The van der Waals surface area contributed by atoms with Crippen LogP contribution in [0, 0.1) is 5.92 Å². The average Bonchev–Trinajstić information content (AvgIpc) is 2.87. The van der Waals surface area contributed by atoms with Crippen LogP contribution in [0.25, 0.3) is 0 Å². The standard InChI is InChI=1S/C12H19N3O2/c1-8(9-3-4-17-7-9)14-12(16)11-5-10(13)6-15(11)2/h5-6,8-9H,3-4,7,13H2,1-2H3,(H,14,16). The monoisotopic (exact) mass is 237 g/mol. The summed E-state index contributed by atoms with van der Waals surface area (Å²) in [4.78, 5) is 12.0. The van der Waals surface area contributed by atoms with Gasteiger partial charge in [-0.3, -0.25) is 4.79 Å². The van der Waals surface area contributed by atoms with Gasteiger partial charge in [0.25, 0.3) is 5.91 Å². The number of carbonyl (C=O) groups excluding carboxylic acids is 1. The summed E-state index contributed by atoms with van der Waals surface area (Å²) in [6.07, 6.45) is 2.75. The highest BCUT2D eigenvalue weighted by atomic mass is 16.5. The fourth-order valence-electron chi connectivity index (χ4n) is 2.16. The van der Waals surface area contributed by atoms with Gasteiger partial charge >= 0.3 is 0 Å². The predicted octanol–water partition coefficient (Wildman–Crippen LogP) is 0.762. The number of nitrogens with two attached hydrogens (primary N) is 1. The molecule has 2 rings (SSSR count). The quantitative estimate of drug-likeness (QED) is 0.815. The Morgan fingerprint density at radius 3 is 3.00 bits per heavy atom. The molecule has 1 aliphatic rings. The topological polar surface area (TPSA) is 69.3 Å². The largest absolute Gasteiger partial charge is 0.397 e. The molecule has 17 heavy (non-hydrogen) atoms. The molecule has 0 radical (unpaired) electrons. The number of hydrogen-bond acceptors (Lipinski definition) is 3. The van der Waals surface area contributed by atoms with Crippen molar-refractivity contribution in [3.8, 4) is 0 Å². The molecule has 2 atom stereocenters. The number of amides is 1. The lowest BCUT2D eigenvalue weighted by Crippen LogP contribution is -2.39. The summed E-state index contributed by atoms with van der Waals surface area (Å²) in [6.45, 7) is 3.54. The van der Waals surface area contributed by atoms with E-state index in [9.17, 15) is 4.79 Å². The van der Waals surface area contributed by atoms with Gasteiger partial charge in [0.2, 0.25) is 0 Å². The second kappa shape index (κ2) is 4.79. The van der Waals surface area contributed by atoms with Gasteiger partial charge in [-0.1, -0.05) is 0 Å². The van der Waals surface area contributed by atoms with Crippen molar-refractivity contribution < 1.29 is 9.53 Å². The van der Waals surface area contributed by atoms with Crippen molar-refractivity contribution in [1.82, 2.24) is 9.88 Å². The number of aryl methyl sites for hydroxylation is 1. The number of nitrogens with one attached hydrogen (secondary N) is 1. The van der Waals surface area contributed by atoms with Gasteiger partial charge in [0.05, 0.1) is 12.3 Å². The minimum Gasteiger partial charge on any atom is -0.397 e. The molecule has 1 saturated heterocycles. The molecule has 1 aromatic rings. The van der Waals surface area contributed by atoms with Crippen molar-refractivity contribution in [2.45, 2.75) is 19.4 Å². The van der Waals surface area contributed by atoms with Gasteiger partial charge in [-0.2, -0.15) is 0 Å². The van der Waals surface area contributed by atoms with Crippen molar-refractivity contribution >= 4 is 11.6 Å². The zero-order chi connectivity index (χ0) is 12.4. The molecule has 0 saturated carbocycles. The Morgan fingerprint density at radius 1 is 1.71 bits per heavy atom. The van der Waals surface area contributed by atoms with E-state index in [4.69, 9.17) is 10.5 Å². The van der Waals surface area contributed by atoms with E-state index >= 15 is 0 Å². The summed E-state index contributed by atoms with van der Waals surface area (Å²) >= 11 is 0. The van der Waals surface area contributed by atoms with Crippen LogP contribution in [-0.4, -0.2) is 29.7 Å². The molecule has 3 N–H and O–H groups in total. The van der Waals surface area contributed by atoms with Crippen LogP contribution >= 0.6 is 0 Å². The molecular formula is C12H19N3O2. The second-order valence-corrected chi connectivity index (χ2v) is 4.66. The number of ether oxygens (including phenoxy) is 1. The number of carbonyl (C=O) groups is 1. The number of hydrogen-bond donors (Lipinski definition) is 2. The predicted molar refractivity (Wildman–Crippen MR) is 65.7 cm³/mol. The highest BCUT2D eigenvalue weighted by Gasteiger charge is 2.24. The van der Waals surface area contributed by atoms with Gasteiger partial charge in [0.15, 0.2) is 0 Å². The van der Waals surface area contributed by atoms with Gasteiger partial charge in [-0.15, -0.1) is 0 Å². The molecule has 0 aliphatic carbocycles. The summed E-state index contributed by atoms with van der Waals surface area (Å²) in [5.41, 5.74) is 6.85. The maximum absolute atomic E-state index is 12.0. The van der Waals surface area contributed by atoms with Crippen LogP contribution in [0.15, 0.2) is 12.3 Å². The van der Waals surface area contributed by atoms with Crippen molar-refractivity contribution in [3.05, 3.63) is 18.0 Å². The average molecular weight is 237 g/mol. The Labute approximate surface area is 101 Å². The fraction of sp³-hybridized carbons (Fsp3) is 0.583. The van der Waals surface area contributed by atoms with Crippen LogP contribution in [0.4, 0.5) is 5.69 Å². The smallest absolute Gasteiger partial charge is 0.268 e. The molecule has 0 bridgehead atoms. The molecular weight excluding hydrogens is 218 g/mol. The van der Waals surface area contributed by atoms with Gasteiger partial charge in [-0.25, -0.2) is 0 Å². The second-order valence-electron chi connectivity index (χ2n) is 4.66. The minimum absolute atomic E-state index is 0.0800. The molecule has 1 amide bonds. The molecule has 2 heterocycles. The highest BCUT2D eigenvalue weighted by Crippen LogP contribution is 2.17. The summed E-state index contributed by atoms with van der Waals surface area (Å²) in [5, 5.41) is 3.00. The zero-order valence-corrected chi connectivity index (χ0v) is 10.3. The zero-order valence-electron chi connectivity index (χ0n) is 10.3. The first-order valence-electron chi connectivity index (χ1n) is 5.88. The Hall–Kier alpha value is -1.49. The molecule has 94 valence electrons. The van der Waals surface area contributed by atoms with Crippen LogP contribution in [0.5, 0.6) is 0 Å². The summed E-state index contributed by atoms with van der Waals surface area (Å²) in [6, 6.07) is 1.81. The first-order valence-corrected chi connectivity index (χ1v) is 5.88. The fourth-order valence-corrected chi connectivity index (χ4v) is 2.16. The van der Waals surface area contributed by atoms with E-state index in [-0.39, 0.29) is 11.9 Å². The lowest BCUT2D eigenvalue weighted by molar-refractivity contribution is 0.0914. The molecule has 1 aliphatic heterocycles. The number of nitrogens with zero attached hydrogens (tertiary/aromatic N) is 1. The van der Waals surface area contributed by atoms with E-state index in [2.05, 4.69) is 5.32 Å². The maximum atomic E-state index is 12.0. The number of aromatic nitrogens is 1. The molecule has 0 spiro atoms. The molecule has 2 unspecified atom stereocenters. The van der Waals surface area contributed by atoms with Gasteiger partial charge < -0.3 is 20.4 Å². The van der Waals surface area contributed by atoms with Crippen LogP contribution < -0.4 is 11.1 Å². The Morgan fingerprint density at radius 2 is 2.47 bits per heavy atom. The van der Waals surface area contributed by atoms with Crippen LogP contribution in [0.2, 0.25) is 0 Å². The summed E-state index contributed by atoms with van der Waals surface area (Å²) in [7, 11) is 1.81. The van der Waals surface area contributed by atoms with Crippen molar-refractivity contribution in [2.75, 3.05) is 18.9 Å². The lowest BCUT2D eigenvalue weighted by atomic mass is 10.0. The van der Waals surface area contributed by atoms with E-state index in [1.54, 1.807) is 16.8 Å². The third-order valence-electron chi connectivity index (χ3n) is 3.29. The highest BCUT2D eigenvalue weighted by molar-refractivity contribution is 5.93. The number of rotatable bonds is 3. The van der Waals surface area contributed by atoms with E-state index in [1.807, 2.05) is 14.0 Å². The maximum Gasteiger partial charge on any atom is 0.268 e. The SMILES string of the molecule is CC(NC(=O)c1cc(N)cn1C)C1CCOC1. The third-order valence-corrected chi connectivity index (χ3v) is 3.29. The molecule has 5 nitrogen and oxygen atoms in total. The summed E-state index contributed by atoms with van der Waals surface area (Å²) in [5.74, 6) is 0.333. The van der Waals surface area contributed by atoms with Gasteiger partial charge in [0.1, 0.15) is 5.69 Å². The molecule has 1 aromatic heterocycles. The Balaban J connectivity index is 1.98. The van der Waals surface area contributed by atoms with Crippen molar-refractivity contribution in [1.29, 1.82) is 0 Å². The van der Waals surface area contributed by atoms with E-state index < -0.39 is 0 Å².